The van der Waals surface area contributed by atoms with Crippen LogP contribution in [-0.2, 0) is 9.53 Å². The van der Waals surface area contributed by atoms with Crippen molar-refractivity contribution in [3.8, 4) is 0 Å². The molecule has 0 fully saturated rings. The van der Waals surface area contributed by atoms with Gasteiger partial charge in [-0.25, -0.2) is 0 Å². The number of hydrogen-bond acceptors (Lipinski definition) is 2. The van der Waals surface area contributed by atoms with E-state index in [0.717, 1.165) is 26.0 Å². The van der Waals surface area contributed by atoms with Crippen molar-refractivity contribution in [2.75, 3.05) is 13.2 Å². The number of carbonyl (C=O) groups excluding carboxylic acids is 1. The highest BCUT2D eigenvalue weighted by atomic mass is 16.5. The van der Waals surface area contributed by atoms with E-state index in [1.807, 2.05) is 0 Å². The van der Waals surface area contributed by atoms with Gasteiger partial charge >= 0.3 is 0 Å². The average molecular weight is 257 g/mol. The summed E-state index contributed by atoms with van der Waals surface area (Å²) in [5.41, 5.74) is 0. The molecule has 0 aromatic carbocycles. The van der Waals surface area contributed by atoms with E-state index in [9.17, 15) is 4.79 Å². The lowest BCUT2D eigenvalue weighted by Gasteiger charge is -2.08. The highest BCUT2D eigenvalue weighted by molar-refractivity contribution is 5.75. The standard InChI is InChI=1S/C15H31NO2/c1-13(2)12-15(17)16-10-8-6-5-7-9-11-18-14(3)4/h13-14H,5-12H2,1-4H3,(H,16,17). The summed E-state index contributed by atoms with van der Waals surface area (Å²) in [6, 6.07) is 0. The van der Waals surface area contributed by atoms with Gasteiger partial charge in [-0.15, -0.1) is 0 Å². The zero-order chi connectivity index (χ0) is 13.8. The van der Waals surface area contributed by atoms with Crippen LogP contribution in [-0.4, -0.2) is 25.2 Å². The number of amides is 1. The zero-order valence-electron chi connectivity index (χ0n) is 12.6. The second-order valence-electron chi connectivity index (χ2n) is 5.64. The smallest absolute Gasteiger partial charge is 0.220 e. The normalized spacial score (nSPS) is 11.2. The molecule has 0 aromatic heterocycles. The molecule has 0 saturated heterocycles. The monoisotopic (exact) mass is 257 g/mol. The van der Waals surface area contributed by atoms with Crippen molar-refractivity contribution in [2.45, 2.75) is 72.3 Å². The Morgan fingerprint density at radius 1 is 1.00 bits per heavy atom. The van der Waals surface area contributed by atoms with E-state index in [1.165, 1.54) is 19.3 Å². The predicted octanol–water partition coefficient (Wildman–Crippen LogP) is 3.52. The van der Waals surface area contributed by atoms with Gasteiger partial charge in [-0.3, -0.25) is 4.79 Å². The minimum Gasteiger partial charge on any atom is -0.379 e. The van der Waals surface area contributed by atoms with Crippen LogP contribution in [0.2, 0.25) is 0 Å². The molecule has 0 aliphatic carbocycles. The predicted molar refractivity (Wildman–Crippen MR) is 76.6 cm³/mol. The number of carbonyl (C=O) groups is 1. The lowest BCUT2D eigenvalue weighted by Crippen LogP contribution is -2.25. The van der Waals surface area contributed by atoms with Gasteiger partial charge in [0.05, 0.1) is 6.10 Å². The molecular formula is C15H31NO2. The largest absolute Gasteiger partial charge is 0.379 e. The average Bonchev–Trinajstić information content (AvgIpc) is 2.25. The van der Waals surface area contributed by atoms with E-state index in [4.69, 9.17) is 4.74 Å². The molecule has 0 atom stereocenters. The lowest BCUT2D eigenvalue weighted by molar-refractivity contribution is -0.121. The van der Waals surface area contributed by atoms with Gasteiger partial charge in [0, 0.05) is 19.6 Å². The van der Waals surface area contributed by atoms with Crippen LogP contribution in [0.5, 0.6) is 0 Å². The number of rotatable bonds is 11. The quantitative estimate of drug-likeness (QED) is 0.575. The van der Waals surface area contributed by atoms with Gasteiger partial charge < -0.3 is 10.1 Å². The van der Waals surface area contributed by atoms with Crippen LogP contribution in [0.3, 0.4) is 0 Å². The van der Waals surface area contributed by atoms with E-state index in [2.05, 4.69) is 33.0 Å². The van der Waals surface area contributed by atoms with Crippen LogP contribution in [0.25, 0.3) is 0 Å². The molecule has 0 heterocycles. The molecule has 3 heteroatoms. The zero-order valence-corrected chi connectivity index (χ0v) is 12.6. The Balaban J connectivity index is 3.14. The Bertz CT molecular complexity index is 203. The topological polar surface area (TPSA) is 38.3 Å². The molecule has 0 saturated carbocycles. The second-order valence-corrected chi connectivity index (χ2v) is 5.64. The third kappa shape index (κ3) is 13.5. The Labute approximate surface area is 113 Å². The fourth-order valence-electron chi connectivity index (χ4n) is 1.75. The first-order valence-corrected chi connectivity index (χ1v) is 7.40. The lowest BCUT2D eigenvalue weighted by atomic mass is 10.1. The Hall–Kier alpha value is -0.570. The molecule has 108 valence electrons. The molecule has 0 aliphatic rings. The summed E-state index contributed by atoms with van der Waals surface area (Å²) < 4.78 is 5.48. The van der Waals surface area contributed by atoms with Crippen LogP contribution in [0.4, 0.5) is 0 Å². The SMILES string of the molecule is CC(C)CC(=O)NCCCCCCCOC(C)C. The molecule has 1 amide bonds. The first kappa shape index (κ1) is 17.4. The summed E-state index contributed by atoms with van der Waals surface area (Å²) in [5, 5.41) is 2.97. The summed E-state index contributed by atoms with van der Waals surface area (Å²) in [6.07, 6.45) is 6.90. The summed E-state index contributed by atoms with van der Waals surface area (Å²) in [6.45, 7) is 9.98. The fourth-order valence-corrected chi connectivity index (χ4v) is 1.75. The third-order valence-corrected chi connectivity index (χ3v) is 2.69. The van der Waals surface area contributed by atoms with E-state index in [-0.39, 0.29) is 5.91 Å². The molecular weight excluding hydrogens is 226 g/mol. The Morgan fingerprint density at radius 2 is 1.61 bits per heavy atom. The first-order valence-electron chi connectivity index (χ1n) is 7.40. The van der Waals surface area contributed by atoms with Gasteiger partial charge in [0.1, 0.15) is 0 Å². The maximum atomic E-state index is 11.4. The highest BCUT2D eigenvalue weighted by Crippen LogP contribution is 2.04. The molecule has 0 radical (unpaired) electrons. The number of ether oxygens (including phenoxy) is 1. The van der Waals surface area contributed by atoms with Gasteiger partial charge in [0.25, 0.3) is 0 Å². The van der Waals surface area contributed by atoms with Crippen molar-refractivity contribution in [3.05, 3.63) is 0 Å². The van der Waals surface area contributed by atoms with Crippen LogP contribution < -0.4 is 5.32 Å². The fraction of sp³-hybridized carbons (Fsp3) is 0.933. The maximum absolute atomic E-state index is 11.4. The van der Waals surface area contributed by atoms with Gasteiger partial charge in [-0.1, -0.05) is 33.1 Å². The Kier molecular flexibility index (Phi) is 11.2. The third-order valence-electron chi connectivity index (χ3n) is 2.69. The van der Waals surface area contributed by atoms with Crippen molar-refractivity contribution >= 4 is 5.91 Å². The van der Waals surface area contributed by atoms with Gasteiger partial charge in [-0.2, -0.15) is 0 Å². The molecule has 18 heavy (non-hydrogen) atoms. The number of hydrogen-bond donors (Lipinski definition) is 1. The number of nitrogens with one attached hydrogen (secondary N) is 1. The van der Waals surface area contributed by atoms with E-state index in [1.54, 1.807) is 0 Å². The summed E-state index contributed by atoms with van der Waals surface area (Å²) >= 11 is 0. The van der Waals surface area contributed by atoms with Crippen LogP contribution >= 0.6 is 0 Å². The molecule has 3 nitrogen and oxygen atoms in total. The van der Waals surface area contributed by atoms with E-state index < -0.39 is 0 Å². The molecule has 0 rings (SSSR count). The Morgan fingerprint density at radius 3 is 2.22 bits per heavy atom. The van der Waals surface area contributed by atoms with Crippen LogP contribution in [0.1, 0.15) is 66.2 Å². The van der Waals surface area contributed by atoms with Crippen molar-refractivity contribution in [1.29, 1.82) is 0 Å². The minimum absolute atomic E-state index is 0.190. The minimum atomic E-state index is 0.190. The molecule has 0 aromatic rings. The molecule has 0 aliphatic heterocycles. The summed E-state index contributed by atoms with van der Waals surface area (Å²) in [7, 11) is 0. The first-order chi connectivity index (χ1) is 8.52. The van der Waals surface area contributed by atoms with E-state index in [0.29, 0.717) is 18.4 Å². The van der Waals surface area contributed by atoms with E-state index >= 15 is 0 Å². The van der Waals surface area contributed by atoms with Crippen LogP contribution in [0.15, 0.2) is 0 Å². The molecule has 0 unspecified atom stereocenters. The van der Waals surface area contributed by atoms with Gasteiger partial charge in [0.15, 0.2) is 0 Å². The highest BCUT2D eigenvalue weighted by Gasteiger charge is 2.03. The van der Waals surface area contributed by atoms with Crippen molar-refractivity contribution in [2.24, 2.45) is 5.92 Å². The molecule has 1 N–H and O–H groups in total. The summed E-state index contributed by atoms with van der Waals surface area (Å²) in [5.74, 6) is 0.640. The maximum Gasteiger partial charge on any atom is 0.220 e. The summed E-state index contributed by atoms with van der Waals surface area (Å²) in [4.78, 5) is 11.4. The van der Waals surface area contributed by atoms with Gasteiger partial charge in [0.2, 0.25) is 5.91 Å². The molecule has 0 spiro atoms. The number of unbranched alkanes of at least 4 members (excludes halogenated alkanes) is 4. The van der Waals surface area contributed by atoms with Crippen molar-refractivity contribution < 1.29 is 9.53 Å². The van der Waals surface area contributed by atoms with Gasteiger partial charge in [-0.05, 0) is 32.6 Å². The second kappa shape index (κ2) is 11.5. The molecule has 0 bridgehead atoms. The van der Waals surface area contributed by atoms with Crippen molar-refractivity contribution in [1.82, 2.24) is 5.32 Å². The van der Waals surface area contributed by atoms with Crippen molar-refractivity contribution in [3.63, 3.8) is 0 Å². The van der Waals surface area contributed by atoms with Crippen LogP contribution in [0, 0.1) is 5.92 Å².